The van der Waals surface area contributed by atoms with Crippen LogP contribution in [0.15, 0.2) is 35.7 Å². The molecule has 2 aromatic rings. The number of ether oxygens (including phenoxy) is 2. The van der Waals surface area contributed by atoms with E-state index in [0.717, 1.165) is 11.3 Å². The maximum atomic E-state index is 12.1. The van der Waals surface area contributed by atoms with Crippen molar-refractivity contribution in [2.24, 2.45) is 0 Å². The largest absolute Gasteiger partial charge is 0.493 e. The number of methoxy groups -OCH3 is 1. The molecule has 7 heteroatoms. The number of rotatable bonds is 7. The van der Waals surface area contributed by atoms with Crippen LogP contribution in [0.2, 0.25) is 0 Å². The number of carbonyl (C=O) groups is 2. The summed E-state index contributed by atoms with van der Waals surface area (Å²) in [5, 5.41) is 1.90. The van der Waals surface area contributed by atoms with Gasteiger partial charge in [-0.1, -0.05) is 13.0 Å². The first kappa shape index (κ1) is 17.8. The molecule has 0 aliphatic carbocycles. The highest BCUT2D eigenvalue weighted by Crippen LogP contribution is 2.28. The summed E-state index contributed by atoms with van der Waals surface area (Å²) < 4.78 is 10.8. The van der Waals surface area contributed by atoms with Crippen molar-refractivity contribution in [3.05, 3.63) is 46.2 Å². The van der Waals surface area contributed by atoms with Crippen molar-refractivity contribution in [3.63, 3.8) is 0 Å². The Morgan fingerprint density at radius 2 is 2.00 bits per heavy atom. The summed E-state index contributed by atoms with van der Waals surface area (Å²) in [5.74, 6) is 0.356. The molecule has 2 amide bonds. The Kier molecular flexibility index (Phi) is 6.62. The number of nitrogens with one attached hydrogen (secondary N) is 2. The van der Waals surface area contributed by atoms with Crippen LogP contribution in [0.5, 0.6) is 11.5 Å². The minimum atomic E-state index is -0.421. The first-order valence-electron chi connectivity index (χ1n) is 7.56. The van der Waals surface area contributed by atoms with Gasteiger partial charge in [-0.3, -0.25) is 20.4 Å². The van der Waals surface area contributed by atoms with Gasteiger partial charge in [0.15, 0.2) is 11.5 Å². The second kappa shape index (κ2) is 8.93. The molecule has 1 aromatic carbocycles. The highest BCUT2D eigenvalue weighted by molar-refractivity contribution is 7.10. The summed E-state index contributed by atoms with van der Waals surface area (Å²) in [6.45, 7) is 2.58. The fourth-order valence-electron chi connectivity index (χ4n) is 1.95. The minimum Gasteiger partial charge on any atom is -0.493 e. The van der Waals surface area contributed by atoms with E-state index in [1.807, 2.05) is 24.4 Å². The summed E-state index contributed by atoms with van der Waals surface area (Å²) in [5.41, 5.74) is 5.16. The molecule has 0 saturated heterocycles. The molecule has 2 N–H and O–H groups in total. The third kappa shape index (κ3) is 4.99. The number of thiophene rings is 1. The monoisotopic (exact) mass is 348 g/mol. The van der Waals surface area contributed by atoms with Crippen molar-refractivity contribution < 1.29 is 19.1 Å². The van der Waals surface area contributed by atoms with Gasteiger partial charge in [-0.25, -0.2) is 0 Å². The zero-order valence-corrected chi connectivity index (χ0v) is 14.4. The van der Waals surface area contributed by atoms with Crippen molar-refractivity contribution in [3.8, 4) is 11.5 Å². The molecule has 1 aromatic heterocycles. The Bertz CT molecular complexity index is 686. The van der Waals surface area contributed by atoms with Gasteiger partial charge in [0.1, 0.15) is 0 Å². The molecule has 0 atom stereocenters. The Balaban J connectivity index is 1.92. The van der Waals surface area contributed by atoms with Crippen LogP contribution in [0.1, 0.15) is 28.6 Å². The fraction of sp³-hybridized carbons (Fsp3) is 0.294. The third-order valence-corrected chi connectivity index (χ3v) is 3.99. The van der Waals surface area contributed by atoms with Gasteiger partial charge in [-0.15, -0.1) is 11.3 Å². The summed E-state index contributed by atoms with van der Waals surface area (Å²) >= 11 is 1.49. The van der Waals surface area contributed by atoms with Crippen LogP contribution in [0.25, 0.3) is 0 Å². The lowest BCUT2D eigenvalue weighted by molar-refractivity contribution is -0.121. The van der Waals surface area contributed by atoms with Crippen LogP contribution in [0, 0.1) is 0 Å². The van der Waals surface area contributed by atoms with Crippen LogP contribution in [0.4, 0.5) is 0 Å². The van der Waals surface area contributed by atoms with E-state index in [4.69, 9.17) is 9.47 Å². The van der Waals surface area contributed by atoms with Crippen LogP contribution in [-0.4, -0.2) is 25.5 Å². The Labute approximate surface area is 144 Å². The molecule has 0 bridgehead atoms. The first-order chi connectivity index (χ1) is 11.6. The molecule has 0 fully saturated rings. The van der Waals surface area contributed by atoms with Gasteiger partial charge in [0.2, 0.25) is 5.91 Å². The standard InChI is InChI=1S/C17H20N2O4S/c1-3-8-23-14-7-6-12(10-15(14)22-2)17(21)19-18-16(20)11-13-5-4-9-24-13/h4-7,9-10H,3,8,11H2,1-2H3,(H,18,20)(H,19,21). The van der Waals surface area contributed by atoms with Crippen molar-refractivity contribution in [2.75, 3.05) is 13.7 Å². The van der Waals surface area contributed by atoms with E-state index in [2.05, 4.69) is 10.9 Å². The average molecular weight is 348 g/mol. The predicted octanol–water partition coefficient (Wildman–Crippen LogP) is 2.55. The molecule has 24 heavy (non-hydrogen) atoms. The van der Waals surface area contributed by atoms with Gasteiger partial charge in [-0.05, 0) is 36.1 Å². The zero-order valence-electron chi connectivity index (χ0n) is 13.6. The molecule has 0 aliphatic rings. The second-order valence-corrected chi connectivity index (χ2v) is 6.00. The maximum Gasteiger partial charge on any atom is 0.269 e. The smallest absolute Gasteiger partial charge is 0.269 e. The van der Waals surface area contributed by atoms with E-state index in [1.165, 1.54) is 18.4 Å². The number of benzene rings is 1. The van der Waals surface area contributed by atoms with Gasteiger partial charge in [0.05, 0.1) is 20.1 Å². The number of hydrazine groups is 1. The summed E-state index contributed by atoms with van der Waals surface area (Å²) in [6, 6.07) is 8.61. The lowest BCUT2D eigenvalue weighted by Gasteiger charge is -2.12. The van der Waals surface area contributed by atoms with E-state index in [9.17, 15) is 9.59 Å². The fourth-order valence-corrected chi connectivity index (χ4v) is 2.66. The number of hydrogen-bond donors (Lipinski definition) is 2. The summed E-state index contributed by atoms with van der Waals surface area (Å²) in [4.78, 5) is 24.8. The second-order valence-electron chi connectivity index (χ2n) is 4.97. The Hall–Kier alpha value is -2.54. The van der Waals surface area contributed by atoms with Gasteiger partial charge >= 0.3 is 0 Å². The molecule has 6 nitrogen and oxygen atoms in total. The zero-order chi connectivity index (χ0) is 17.4. The lowest BCUT2D eigenvalue weighted by atomic mass is 10.2. The van der Waals surface area contributed by atoms with E-state index in [1.54, 1.807) is 18.2 Å². The van der Waals surface area contributed by atoms with Gasteiger partial charge in [0, 0.05) is 10.4 Å². The molecule has 0 saturated carbocycles. The molecular formula is C17H20N2O4S. The third-order valence-electron chi connectivity index (χ3n) is 3.12. The molecule has 0 spiro atoms. The molecular weight excluding hydrogens is 328 g/mol. The van der Waals surface area contributed by atoms with E-state index in [0.29, 0.717) is 23.7 Å². The van der Waals surface area contributed by atoms with Gasteiger partial charge in [-0.2, -0.15) is 0 Å². The molecule has 0 radical (unpaired) electrons. The number of amides is 2. The Morgan fingerprint density at radius 1 is 1.17 bits per heavy atom. The van der Waals surface area contributed by atoms with Crippen LogP contribution in [0.3, 0.4) is 0 Å². The van der Waals surface area contributed by atoms with E-state index < -0.39 is 5.91 Å². The Morgan fingerprint density at radius 3 is 2.67 bits per heavy atom. The molecule has 0 aliphatic heterocycles. The van der Waals surface area contributed by atoms with Crippen LogP contribution in [-0.2, 0) is 11.2 Å². The summed E-state index contributed by atoms with van der Waals surface area (Å²) in [7, 11) is 1.51. The quantitative estimate of drug-likeness (QED) is 0.754. The minimum absolute atomic E-state index is 0.227. The average Bonchev–Trinajstić information content (AvgIpc) is 3.10. The number of hydrogen-bond acceptors (Lipinski definition) is 5. The van der Waals surface area contributed by atoms with Crippen molar-refractivity contribution >= 4 is 23.2 Å². The molecule has 2 rings (SSSR count). The SMILES string of the molecule is CCCOc1ccc(C(=O)NNC(=O)Cc2cccs2)cc1OC. The maximum absolute atomic E-state index is 12.1. The van der Waals surface area contributed by atoms with Crippen molar-refractivity contribution in [2.45, 2.75) is 19.8 Å². The van der Waals surface area contributed by atoms with E-state index >= 15 is 0 Å². The predicted molar refractivity (Wildman–Crippen MR) is 92.4 cm³/mol. The molecule has 1 heterocycles. The van der Waals surface area contributed by atoms with Crippen molar-refractivity contribution in [1.29, 1.82) is 0 Å². The van der Waals surface area contributed by atoms with Crippen LogP contribution < -0.4 is 20.3 Å². The highest BCUT2D eigenvalue weighted by Gasteiger charge is 2.12. The number of carbonyl (C=O) groups excluding carboxylic acids is 2. The van der Waals surface area contributed by atoms with Gasteiger partial charge < -0.3 is 9.47 Å². The lowest BCUT2D eigenvalue weighted by Crippen LogP contribution is -2.42. The van der Waals surface area contributed by atoms with Crippen LogP contribution >= 0.6 is 11.3 Å². The summed E-state index contributed by atoms with van der Waals surface area (Å²) in [6.07, 6.45) is 1.10. The first-order valence-corrected chi connectivity index (χ1v) is 8.44. The van der Waals surface area contributed by atoms with Gasteiger partial charge in [0.25, 0.3) is 5.91 Å². The topological polar surface area (TPSA) is 76.7 Å². The normalized spacial score (nSPS) is 10.1. The van der Waals surface area contributed by atoms with E-state index in [-0.39, 0.29) is 12.3 Å². The molecule has 0 unspecified atom stereocenters. The highest BCUT2D eigenvalue weighted by atomic mass is 32.1. The van der Waals surface area contributed by atoms with Crippen molar-refractivity contribution in [1.82, 2.24) is 10.9 Å². The molecule has 128 valence electrons.